The fourth-order valence-corrected chi connectivity index (χ4v) is 3.69. The number of nitrogens with zero attached hydrogens (tertiary/aromatic N) is 2. The number of benzene rings is 2. The minimum absolute atomic E-state index is 0.280. The molecule has 1 aromatic heterocycles. The van der Waals surface area contributed by atoms with Gasteiger partial charge in [-0.3, -0.25) is 4.90 Å². The first-order valence-corrected chi connectivity index (χ1v) is 8.82. The van der Waals surface area contributed by atoms with Crippen molar-refractivity contribution in [2.24, 2.45) is 0 Å². The van der Waals surface area contributed by atoms with Crippen molar-refractivity contribution in [1.29, 1.82) is 0 Å². The van der Waals surface area contributed by atoms with Crippen molar-refractivity contribution < 1.29 is 13.2 Å². The van der Waals surface area contributed by atoms with E-state index in [1.807, 2.05) is 24.3 Å². The zero-order chi connectivity index (χ0) is 18.1. The first-order chi connectivity index (χ1) is 12.5. The van der Waals surface area contributed by atoms with Crippen molar-refractivity contribution in [2.75, 3.05) is 13.1 Å². The number of nitrogens with one attached hydrogen (secondary N) is 1. The highest BCUT2D eigenvalue weighted by Crippen LogP contribution is 2.31. The second-order valence-electron chi connectivity index (χ2n) is 6.91. The van der Waals surface area contributed by atoms with Crippen molar-refractivity contribution >= 4 is 11.0 Å². The van der Waals surface area contributed by atoms with Crippen LogP contribution in [0.25, 0.3) is 11.0 Å². The fraction of sp³-hybridized carbons (Fsp3) is 0.350. The molecule has 3 nitrogen and oxygen atoms in total. The number of likely N-dealkylation sites (tertiary alicyclic amines) is 1. The molecule has 0 radical (unpaired) electrons. The minimum Gasteiger partial charge on any atom is -0.342 e. The summed E-state index contributed by atoms with van der Waals surface area (Å²) in [5.41, 5.74) is 2.10. The summed E-state index contributed by atoms with van der Waals surface area (Å²) in [6.07, 6.45) is -2.24. The van der Waals surface area contributed by atoms with Crippen LogP contribution in [-0.2, 0) is 12.7 Å². The second-order valence-corrected chi connectivity index (χ2v) is 6.91. The normalized spacial score (nSPS) is 19.1. The van der Waals surface area contributed by atoms with Crippen LogP contribution in [0, 0.1) is 0 Å². The highest BCUT2D eigenvalue weighted by Gasteiger charge is 2.30. The van der Waals surface area contributed by atoms with E-state index in [0.29, 0.717) is 12.1 Å². The van der Waals surface area contributed by atoms with Gasteiger partial charge in [0.05, 0.1) is 16.6 Å². The van der Waals surface area contributed by atoms with Gasteiger partial charge in [-0.05, 0) is 43.1 Å². The third-order valence-electron chi connectivity index (χ3n) is 4.96. The number of aromatic amines is 1. The van der Waals surface area contributed by atoms with Crippen LogP contribution in [-0.4, -0.2) is 28.0 Å². The molecule has 0 amide bonds. The standard InChI is InChI=1S/C20H20F3N3/c21-20(22,23)16-7-3-5-14(11-16)12-26-10-4-6-15(13-26)19-24-17-8-1-2-9-18(17)25-19/h1-3,5,7-9,11,15H,4,6,10,12-13H2,(H,24,25). The van der Waals surface area contributed by atoms with E-state index in [9.17, 15) is 13.2 Å². The van der Waals surface area contributed by atoms with Crippen LogP contribution in [0.15, 0.2) is 48.5 Å². The highest BCUT2D eigenvalue weighted by molar-refractivity contribution is 5.74. The Bertz CT molecular complexity index is 867. The van der Waals surface area contributed by atoms with E-state index >= 15 is 0 Å². The predicted octanol–water partition coefficient (Wildman–Crippen LogP) is 4.96. The summed E-state index contributed by atoms with van der Waals surface area (Å²) >= 11 is 0. The minimum atomic E-state index is -4.30. The molecule has 1 aliphatic rings. The van der Waals surface area contributed by atoms with Crippen LogP contribution in [0.3, 0.4) is 0 Å². The number of hydrogen-bond donors (Lipinski definition) is 1. The van der Waals surface area contributed by atoms with E-state index in [0.717, 1.165) is 48.9 Å². The molecule has 1 N–H and O–H groups in total. The van der Waals surface area contributed by atoms with Gasteiger partial charge in [0.2, 0.25) is 0 Å². The molecule has 0 spiro atoms. The molecular formula is C20H20F3N3. The summed E-state index contributed by atoms with van der Waals surface area (Å²) in [7, 11) is 0. The Balaban J connectivity index is 1.48. The van der Waals surface area contributed by atoms with Gasteiger partial charge in [0, 0.05) is 19.0 Å². The number of piperidine rings is 1. The molecule has 1 fully saturated rings. The van der Waals surface area contributed by atoms with Gasteiger partial charge in [0.1, 0.15) is 5.82 Å². The van der Waals surface area contributed by atoms with Crippen LogP contribution >= 0.6 is 0 Å². The van der Waals surface area contributed by atoms with Crippen LogP contribution < -0.4 is 0 Å². The Labute approximate surface area is 149 Å². The van der Waals surface area contributed by atoms with Crippen molar-refractivity contribution in [3.05, 3.63) is 65.5 Å². The van der Waals surface area contributed by atoms with Gasteiger partial charge < -0.3 is 4.98 Å². The van der Waals surface area contributed by atoms with Crippen molar-refractivity contribution in [3.8, 4) is 0 Å². The van der Waals surface area contributed by atoms with Crippen LogP contribution in [0.1, 0.15) is 35.7 Å². The Morgan fingerprint density at radius 1 is 1.12 bits per heavy atom. The maximum absolute atomic E-state index is 12.9. The third kappa shape index (κ3) is 3.60. The Morgan fingerprint density at radius 3 is 2.77 bits per heavy atom. The number of hydrogen-bond acceptors (Lipinski definition) is 2. The molecule has 4 rings (SSSR count). The van der Waals surface area contributed by atoms with Crippen LogP contribution in [0.2, 0.25) is 0 Å². The summed E-state index contributed by atoms with van der Waals surface area (Å²) in [5.74, 6) is 1.25. The summed E-state index contributed by atoms with van der Waals surface area (Å²) in [6, 6.07) is 13.6. The van der Waals surface area contributed by atoms with Crippen molar-refractivity contribution in [1.82, 2.24) is 14.9 Å². The lowest BCUT2D eigenvalue weighted by Gasteiger charge is -2.32. The third-order valence-corrected chi connectivity index (χ3v) is 4.96. The lowest BCUT2D eigenvalue weighted by Crippen LogP contribution is -2.34. The number of imidazole rings is 1. The molecule has 26 heavy (non-hydrogen) atoms. The number of para-hydroxylation sites is 2. The Hall–Kier alpha value is -2.34. The topological polar surface area (TPSA) is 31.9 Å². The van der Waals surface area contributed by atoms with E-state index in [2.05, 4.69) is 9.88 Å². The molecule has 6 heteroatoms. The van der Waals surface area contributed by atoms with Gasteiger partial charge in [0.15, 0.2) is 0 Å². The molecule has 1 atom stereocenters. The summed E-state index contributed by atoms with van der Waals surface area (Å²) in [4.78, 5) is 10.3. The summed E-state index contributed by atoms with van der Waals surface area (Å²) in [5, 5.41) is 0. The number of fused-ring (bicyclic) bond motifs is 1. The molecule has 136 valence electrons. The van der Waals surface area contributed by atoms with Gasteiger partial charge in [-0.15, -0.1) is 0 Å². The number of H-pyrrole nitrogens is 1. The SMILES string of the molecule is FC(F)(F)c1cccc(CN2CCCC(c3nc4ccccc4[nH]3)C2)c1. The van der Waals surface area contributed by atoms with Crippen LogP contribution in [0.5, 0.6) is 0 Å². The summed E-state index contributed by atoms with van der Waals surface area (Å²) < 4.78 is 38.7. The zero-order valence-electron chi connectivity index (χ0n) is 14.3. The smallest absolute Gasteiger partial charge is 0.342 e. The predicted molar refractivity (Wildman–Crippen MR) is 94.8 cm³/mol. The average Bonchev–Trinajstić information content (AvgIpc) is 3.06. The molecule has 3 aromatic rings. The van der Waals surface area contributed by atoms with E-state index in [4.69, 9.17) is 4.98 Å². The largest absolute Gasteiger partial charge is 0.416 e. The van der Waals surface area contributed by atoms with Gasteiger partial charge >= 0.3 is 6.18 Å². The quantitative estimate of drug-likeness (QED) is 0.717. The van der Waals surface area contributed by atoms with Crippen molar-refractivity contribution in [3.63, 3.8) is 0 Å². The first-order valence-electron chi connectivity index (χ1n) is 8.82. The maximum atomic E-state index is 12.9. The van der Waals surface area contributed by atoms with Gasteiger partial charge in [-0.2, -0.15) is 13.2 Å². The lowest BCUT2D eigenvalue weighted by atomic mass is 9.96. The van der Waals surface area contributed by atoms with Gasteiger partial charge in [-0.25, -0.2) is 4.98 Å². The Kier molecular flexibility index (Phi) is 4.44. The summed E-state index contributed by atoms with van der Waals surface area (Å²) in [6.45, 7) is 2.23. The molecule has 0 saturated carbocycles. The number of aromatic nitrogens is 2. The van der Waals surface area contributed by atoms with E-state index in [-0.39, 0.29) is 5.92 Å². The molecule has 1 saturated heterocycles. The molecule has 2 heterocycles. The zero-order valence-corrected chi connectivity index (χ0v) is 14.3. The molecule has 1 aliphatic heterocycles. The fourth-order valence-electron chi connectivity index (χ4n) is 3.69. The maximum Gasteiger partial charge on any atom is 0.416 e. The second kappa shape index (κ2) is 6.76. The average molecular weight is 359 g/mol. The van der Waals surface area contributed by atoms with Crippen LogP contribution in [0.4, 0.5) is 13.2 Å². The highest BCUT2D eigenvalue weighted by atomic mass is 19.4. The molecular weight excluding hydrogens is 339 g/mol. The molecule has 0 bridgehead atoms. The molecule has 1 unspecified atom stereocenters. The van der Waals surface area contributed by atoms with Gasteiger partial charge in [-0.1, -0.05) is 30.3 Å². The van der Waals surface area contributed by atoms with Gasteiger partial charge in [0.25, 0.3) is 0 Å². The lowest BCUT2D eigenvalue weighted by molar-refractivity contribution is -0.137. The molecule has 0 aliphatic carbocycles. The number of halogens is 3. The number of alkyl halides is 3. The van der Waals surface area contributed by atoms with E-state index in [1.54, 1.807) is 6.07 Å². The first kappa shape index (κ1) is 17.1. The number of rotatable bonds is 3. The van der Waals surface area contributed by atoms with E-state index in [1.165, 1.54) is 12.1 Å². The van der Waals surface area contributed by atoms with Crippen molar-refractivity contribution in [2.45, 2.75) is 31.5 Å². The molecule has 2 aromatic carbocycles. The van der Waals surface area contributed by atoms with E-state index < -0.39 is 11.7 Å². The monoisotopic (exact) mass is 359 g/mol. The Morgan fingerprint density at radius 2 is 1.96 bits per heavy atom.